The SMILES string of the molecule is CC(C)C(=O)N1CCC(c2ccnc3nc(C(F)(F)F)nn23)CC1. The van der Waals surface area contributed by atoms with Crippen molar-refractivity contribution in [2.75, 3.05) is 13.1 Å². The Hall–Kier alpha value is -2.19. The normalized spacial score (nSPS) is 17.0. The Kier molecular flexibility index (Phi) is 4.18. The van der Waals surface area contributed by atoms with E-state index in [9.17, 15) is 18.0 Å². The third kappa shape index (κ3) is 3.07. The number of fused-ring (bicyclic) bond motifs is 1. The highest BCUT2D eigenvalue weighted by Gasteiger charge is 2.37. The number of rotatable bonds is 2. The van der Waals surface area contributed by atoms with Gasteiger partial charge in [0, 0.05) is 31.1 Å². The van der Waals surface area contributed by atoms with E-state index in [-0.39, 0.29) is 23.5 Å². The van der Waals surface area contributed by atoms with Crippen molar-refractivity contribution in [1.82, 2.24) is 24.5 Å². The average molecular weight is 341 g/mol. The Labute approximate surface area is 136 Å². The monoisotopic (exact) mass is 341 g/mol. The summed E-state index contributed by atoms with van der Waals surface area (Å²) >= 11 is 0. The Morgan fingerprint density at radius 3 is 2.54 bits per heavy atom. The van der Waals surface area contributed by atoms with Crippen molar-refractivity contribution in [1.29, 1.82) is 0 Å². The van der Waals surface area contributed by atoms with E-state index in [1.54, 1.807) is 6.07 Å². The summed E-state index contributed by atoms with van der Waals surface area (Å²) in [6.07, 6.45) is -1.79. The van der Waals surface area contributed by atoms with Crippen LogP contribution in [-0.4, -0.2) is 43.5 Å². The number of amides is 1. The molecule has 0 bridgehead atoms. The lowest BCUT2D eigenvalue weighted by Gasteiger charge is -2.33. The Bertz CT molecular complexity index is 747. The van der Waals surface area contributed by atoms with Gasteiger partial charge in [-0.3, -0.25) is 4.79 Å². The predicted octanol–water partition coefficient (Wildman–Crippen LogP) is 2.51. The summed E-state index contributed by atoms with van der Waals surface area (Å²) in [4.78, 5) is 21.2. The molecule has 3 heterocycles. The number of carbonyl (C=O) groups is 1. The lowest BCUT2D eigenvalue weighted by atomic mass is 9.92. The number of aromatic nitrogens is 4. The van der Waals surface area contributed by atoms with E-state index in [0.29, 0.717) is 31.6 Å². The van der Waals surface area contributed by atoms with E-state index in [0.717, 1.165) is 0 Å². The Morgan fingerprint density at radius 2 is 1.96 bits per heavy atom. The predicted molar refractivity (Wildman–Crippen MR) is 79.2 cm³/mol. The molecule has 2 aromatic heterocycles. The zero-order valence-electron chi connectivity index (χ0n) is 13.4. The Balaban J connectivity index is 1.83. The summed E-state index contributed by atoms with van der Waals surface area (Å²) in [5.74, 6) is -1.17. The molecule has 1 saturated heterocycles. The van der Waals surface area contributed by atoms with Crippen molar-refractivity contribution >= 4 is 11.7 Å². The van der Waals surface area contributed by atoms with E-state index in [2.05, 4.69) is 15.1 Å². The summed E-state index contributed by atoms with van der Waals surface area (Å²) in [6, 6.07) is 1.67. The lowest BCUT2D eigenvalue weighted by molar-refractivity contribution is -0.144. The van der Waals surface area contributed by atoms with Crippen molar-refractivity contribution in [2.24, 2.45) is 5.92 Å². The second-order valence-corrected chi connectivity index (χ2v) is 6.27. The minimum Gasteiger partial charge on any atom is -0.342 e. The van der Waals surface area contributed by atoms with Gasteiger partial charge in [0.1, 0.15) is 0 Å². The van der Waals surface area contributed by atoms with E-state index in [1.807, 2.05) is 18.7 Å². The molecule has 0 saturated carbocycles. The van der Waals surface area contributed by atoms with Crippen LogP contribution in [0, 0.1) is 5.92 Å². The number of alkyl halides is 3. The van der Waals surface area contributed by atoms with E-state index < -0.39 is 12.0 Å². The van der Waals surface area contributed by atoms with Crippen LogP contribution in [0.15, 0.2) is 12.3 Å². The quantitative estimate of drug-likeness (QED) is 0.842. The first-order chi connectivity index (χ1) is 11.3. The molecular weight excluding hydrogens is 323 g/mol. The van der Waals surface area contributed by atoms with Gasteiger partial charge in [-0.2, -0.15) is 18.2 Å². The highest BCUT2D eigenvalue weighted by Crippen LogP contribution is 2.30. The zero-order valence-corrected chi connectivity index (χ0v) is 13.4. The molecule has 0 spiro atoms. The van der Waals surface area contributed by atoms with Gasteiger partial charge in [-0.25, -0.2) is 9.50 Å². The van der Waals surface area contributed by atoms with Crippen molar-refractivity contribution in [3.63, 3.8) is 0 Å². The maximum Gasteiger partial charge on any atom is 0.453 e. The summed E-state index contributed by atoms with van der Waals surface area (Å²) in [5.41, 5.74) is 0.652. The van der Waals surface area contributed by atoms with Crippen molar-refractivity contribution in [3.8, 4) is 0 Å². The standard InChI is InChI=1S/C15H18F3N5O/c1-9(2)12(24)22-7-4-10(5-8-22)11-3-6-19-14-20-13(15(16,17)18)21-23(11)14/h3,6,9-10H,4-5,7-8H2,1-2H3. The molecule has 0 unspecified atom stereocenters. The van der Waals surface area contributed by atoms with Crippen LogP contribution < -0.4 is 0 Å². The highest BCUT2D eigenvalue weighted by molar-refractivity contribution is 5.78. The number of hydrogen-bond acceptors (Lipinski definition) is 4. The summed E-state index contributed by atoms with van der Waals surface area (Å²) in [5, 5.41) is 3.58. The minimum absolute atomic E-state index is 0.0227. The molecule has 1 fully saturated rings. The van der Waals surface area contributed by atoms with Gasteiger partial charge >= 0.3 is 6.18 Å². The van der Waals surface area contributed by atoms with Crippen molar-refractivity contribution in [3.05, 3.63) is 23.8 Å². The molecule has 3 rings (SSSR count). The molecule has 1 aliphatic rings. The molecule has 130 valence electrons. The minimum atomic E-state index is -4.60. The number of halogens is 3. The van der Waals surface area contributed by atoms with Gasteiger partial charge < -0.3 is 4.90 Å². The van der Waals surface area contributed by atoms with E-state index in [4.69, 9.17) is 0 Å². The topological polar surface area (TPSA) is 63.4 Å². The van der Waals surface area contributed by atoms with Gasteiger partial charge in [-0.1, -0.05) is 13.8 Å². The molecule has 0 radical (unpaired) electrons. The molecule has 1 aliphatic heterocycles. The third-order valence-corrected chi connectivity index (χ3v) is 4.24. The van der Waals surface area contributed by atoms with E-state index in [1.165, 1.54) is 10.7 Å². The number of carbonyl (C=O) groups excluding carboxylic acids is 1. The highest BCUT2D eigenvalue weighted by atomic mass is 19.4. The van der Waals surface area contributed by atoms with Crippen molar-refractivity contribution < 1.29 is 18.0 Å². The van der Waals surface area contributed by atoms with Crippen molar-refractivity contribution in [2.45, 2.75) is 38.8 Å². The molecule has 0 aliphatic carbocycles. The Morgan fingerprint density at radius 1 is 1.29 bits per heavy atom. The molecule has 0 atom stereocenters. The maximum absolute atomic E-state index is 12.8. The fourth-order valence-electron chi connectivity index (χ4n) is 3.00. The molecule has 6 nitrogen and oxygen atoms in total. The molecule has 0 N–H and O–H groups in total. The number of likely N-dealkylation sites (tertiary alicyclic amines) is 1. The summed E-state index contributed by atoms with van der Waals surface area (Å²) in [7, 11) is 0. The zero-order chi connectivity index (χ0) is 17.5. The van der Waals surface area contributed by atoms with Crippen LogP contribution in [0.25, 0.3) is 5.78 Å². The lowest BCUT2D eigenvalue weighted by Crippen LogP contribution is -2.40. The van der Waals surface area contributed by atoms with Gasteiger partial charge in [0.2, 0.25) is 5.91 Å². The van der Waals surface area contributed by atoms with Crippen LogP contribution in [0.3, 0.4) is 0 Å². The summed E-state index contributed by atoms with van der Waals surface area (Å²) in [6.45, 7) is 4.89. The second-order valence-electron chi connectivity index (χ2n) is 6.27. The molecule has 0 aromatic carbocycles. The maximum atomic E-state index is 12.8. The van der Waals surface area contributed by atoms with E-state index >= 15 is 0 Å². The average Bonchev–Trinajstić information content (AvgIpc) is 2.98. The molecule has 2 aromatic rings. The second kappa shape index (κ2) is 6.03. The smallest absolute Gasteiger partial charge is 0.342 e. The number of hydrogen-bond donors (Lipinski definition) is 0. The van der Waals surface area contributed by atoms with Crippen LogP contribution >= 0.6 is 0 Å². The van der Waals surface area contributed by atoms with Crippen LogP contribution in [0.4, 0.5) is 13.2 Å². The van der Waals surface area contributed by atoms with Gasteiger partial charge in [0.25, 0.3) is 11.6 Å². The van der Waals surface area contributed by atoms with Crippen LogP contribution in [0.5, 0.6) is 0 Å². The first-order valence-corrected chi connectivity index (χ1v) is 7.85. The first-order valence-electron chi connectivity index (χ1n) is 7.85. The molecule has 1 amide bonds. The largest absolute Gasteiger partial charge is 0.453 e. The number of piperidine rings is 1. The first kappa shape index (κ1) is 16.7. The third-order valence-electron chi connectivity index (χ3n) is 4.24. The van der Waals surface area contributed by atoms with Gasteiger partial charge in [0.05, 0.1) is 5.69 Å². The van der Waals surface area contributed by atoms with Gasteiger partial charge in [-0.15, -0.1) is 5.10 Å². The van der Waals surface area contributed by atoms with Crippen LogP contribution in [0.1, 0.15) is 44.1 Å². The van der Waals surface area contributed by atoms with Crippen LogP contribution in [-0.2, 0) is 11.0 Å². The molecular formula is C15H18F3N5O. The number of nitrogens with zero attached hydrogens (tertiary/aromatic N) is 5. The van der Waals surface area contributed by atoms with Gasteiger partial charge in [0.15, 0.2) is 0 Å². The van der Waals surface area contributed by atoms with Crippen LogP contribution in [0.2, 0.25) is 0 Å². The fourth-order valence-corrected chi connectivity index (χ4v) is 3.00. The van der Waals surface area contributed by atoms with Gasteiger partial charge in [-0.05, 0) is 18.9 Å². The molecule has 24 heavy (non-hydrogen) atoms. The molecule has 9 heteroatoms. The fraction of sp³-hybridized carbons (Fsp3) is 0.600. The summed E-state index contributed by atoms with van der Waals surface area (Å²) < 4.78 is 39.6.